The lowest BCUT2D eigenvalue weighted by Gasteiger charge is -2.03. The lowest BCUT2D eigenvalue weighted by Crippen LogP contribution is -1.99. The van der Waals surface area contributed by atoms with Crippen molar-refractivity contribution >= 4 is 22.9 Å². The highest BCUT2D eigenvalue weighted by atomic mass is 35.5. The van der Waals surface area contributed by atoms with E-state index in [0.29, 0.717) is 5.92 Å². The Morgan fingerprint density at radius 3 is 2.82 bits per heavy atom. The molecule has 0 N–H and O–H groups in total. The van der Waals surface area contributed by atoms with Crippen molar-refractivity contribution in [2.75, 3.05) is 5.88 Å². The van der Waals surface area contributed by atoms with Crippen LogP contribution in [0.1, 0.15) is 17.4 Å². The SMILES string of the molecule is Cc1cc(CC(C)CCl)cs1. The smallest absolute Gasteiger partial charge is 0.0252 e. The van der Waals surface area contributed by atoms with Crippen molar-refractivity contribution in [1.82, 2.24) is 0 Å². The molecule has 0 nitrogen and oxygen atoms in total. The molecule has 0 bridgehead atoms. The van der Waals surface area contributed by atoms with Gasteiger partial charge in [0, 0.05) is 10.8 Å². The summed E-state index contributed by atoms with van der Waals surface area (Å²) in [5, 5.41) is 2.22. The van der Waals surface area contributed by atoms with Gasteiger partial charge in [0.05, 0.1) is 0 Å². The number of hydrogen-bond acceptors (Lipinski definition) is 1. The number of alkyl halides is 1. The van der Waals surface area contributed by atoms with Crippen LogP contribution in [0.15, 0.2) is 11.4 Å². The van der Waals surface area contributed by atoms with Crippen molar-refractivity contribution in [2.45, 2.75) is 20.3 Å². The van der Waals surface area contributed by atoms with E-state index in [9.17, 15) is 0 Å². The van der Waals surface area contributed by atoms with E-state index in [-0.39, 0.29) is 0 Å². The van der Waals surface area contributed by atoms with Gasteiger partial charge in [-0.05, 0) is 36.3 Å². The fraction of sp³-hybridized carbons (Fsp3) is 0.556. The van der Waals surface area contributed by atoms with Crippen LogP contribution in [0.25, 0.3) is 0 Å². The van der Waals surface area contributed by atoms with E-state index in [1.807, 2.05) is 11.3 Å². The second kappa shape index (κ2) is 4.13. The third-order valence-corrected chi connectivity index (χ3v) is 3.07. The van der Waals surface area contributed by atoms with Gasteiger partial charge in [-0.1, -0.05) is 6.92 Å². The van der Waals surface area contributed by atoms with Crippen LogP contribution in [-0.4, -0.2) is 5.88 Å². The van der Waals surface area contributed by atoms with Crippen LogP contribution in [-0.2, 0) is 6.42 Å². The predicted molar refractivity (Wildman–Crippen MR) is 52.6 cm³/mol. The Labute approximate surface area is 77.2 Å². The number of thiophene rings is 1. The molecule has 2 heteroatoms. The van der Waals surface area contributed by atoms with Gasteiger partial charge in [0.15, 0.2) is 0 Å². The average Bonchev–Trinajstić information content (AvgIpc) is 2.35. The van der Waals surface area contributed by atoms with Gasteiger partial charge in [0.1, 0.15) is 0 Å². The summed E-state index contributed by atoms with van der Waals surface area (Å²) in [5.41, 5.74) is 1.43. The molecule has 0 spiro atoms. The molecule has 0 aliphatic rings. The van der Waals surface area contributed by atoms with Crippen LogP contribution in [0.4, 0.5) is 0 Å². The van der Waals surface area contributed by atoms with Gasteiger partial charge in [-0.15, -0.1) is 22.9 Å². The largest absolute Gasteiger partial charge is 0.149 e. The van der Waals surface area contributed by atoms with Gasteiger partial charge >= 0.3 is 0 Å². The molecular weight excluding hydrogens is 176 g/mol. The highest BCUT2D eigenvalue weighted by molar-refractivity contribution is 7.10. The van der Waals surface area contributed by atoms with E-state index in [1.54, 1.807) is 0 Å². The van der Waals surface area contributed by atoms with E-state index in [0.717, 1.165) is 12.3 Å². The van der Waals surface area contributed by atoms with Crippen molar-refractivity contribution in [3.63, 3.8) is 0 Å². The minimum Gasteiger partial charge on any atom is -0.149 e. The van der Waals surface area contributed by atoms with Gasteiger partial charge in [0.25, 0.3) is 0 Å². The molecule has 0 aromatic carbocycles. The monoisotopic (exact) mass is 188 g/mol. The van der Waals surface area contributed by atoms with Crippen molar-refractivity contribution in [1.29, 1.82) is 0 Å². The molecule has 0 radical (unpaired) electrons. The summed E-state index contributed by atoms with van der Waals surface area (Å²) in [6.45, 7) is 4.32. The number of aryl methyl sites for hydroxylation is 1. The first-order valence-electron chi connectivity index (χ1n) is 3.82. The standard InChI is InChI=1S/C9H13ClS/c1-7(5-10)3-9-4-8(2)11-6-9/h4,6-7H,3,5H2,1-2H3. The zero-order chi connectivity index (χ0) is 8.27. The van der Waals surface area contributed by atoms with Crippen LogP contribution in [0.5, 0.6) is 0 Å². The van der Waals surface area contributed by atoms with Crippen LogP contribution in [0.2, 0.25) is 0 Å². The summed E-state index contributed by atoms with van der Waals surface area (Å²) in [6.07, 6.45) is 1.12. The van der Waals surface area contributed by atoms with E-state index >= 15 is 0 Å². The minimum atomic E-state index is 0.602. The second-order valence-electron chi connectivity index (χ2n) is 3.03. The molecule has 0 fully saturated rings. The third-order valence-electron chi connectivity index (χ3n) is 1.63. The van der Waals surface area contributed by atoms with Crippen LogP contribution < -0.4 is 0 Å². The van der Waals surface area contributed by atoms with Gasteiger partial charge in [-0.3, -0.25) is 0 Å². The van der Waals surface area contributed by atoms with E-state index < -0.39 is 0 Å². The van der Waals surface area contributed by atoms with Crippen molar-refractivity contribution in [3.05, 3.63) is 21.9 Å². The number of halogens is 1. The predicted octanol–water partition coefficient (Wildman–Crippen LogP) is 3.47. The van der Waals surface area contributed by atoms with E-state index in [1.165, 1.54) is 10.4 Å². The summed E-state index contributed by atoms with van der Waals surface area (Å²) in [7, 11) is 0. The normalized spacial score (nSPS) is 13.4. The van der Waals surface area contributed by atoms with Crippen LogP contribution >= 0.6 is 22.9 Å². The third kappa shape index (κ3) is 2.84. The minimum absolute atomic E-state index is 0.602. The summed E-state index contributed by atoms with van der Waals surface area (Å²) >= 11 is 7.53. The Balaban J connectivity index is 2.50. The fourth-order valence-electron chi connectivity index (χ4n) is 1.06. The molecule has 1 unspecified atom stereocenters. The van der Waals surface area contributed by atoms with Gasteiger partial charge in [0.2, 0.25) is 0 Å². The summed E-state index contributed by atoms with van der Waals surface area (Å²) < 4.78 is 0. The molecule has 62 valence electrons. The lowest BCUT2D eigenvalue weighted by molar-refractivity contribution is 0.656. The molecule has 1 aromatic heterocycles. The molecule has 0 saturated carbocycles. The molecule has 11 heavy (non-hydrogen) atoms. The molecule has 1 rings (SSSR count). The van der Waals surface area contributed by atoms with Crippen molar-refractivity contribution in [2.24, 2.45) is 5.92 Å². The number of hydrogen-bond donors (Lipinski definition) is 0. The zero-order valence-corrected chi connectivity index (χ0v) is 8.50. The topological polar surface area (TPSA) is 0 Å². The Kier molecular flexibility index (Phi) is 3.41. The van der Waals surface area contributed by atoms with Crippen molar-refractivity contribution in [3.8, 4) is 0 Å². The first-order valence-corrected chi connectivity index (χ1v) is 5.23. The van der Waals surface area contributed by atoms with E-state index in [2.05, 4.69) is 25.3 Å². The highest BCUT2D eigenvalue weighted by Gasteiger charge is 2.02. The first kappa shape index (κ1) is 9.08. The van der Waals surface area contributed by atoms with Gasteiger partial charge in [-0.25, -0.2) is 0 Å². The van der Waals surface area contributed by atoms with Crippen LogP contribution in [0, 0.1) is 12.8 Å². The Morgan fingerprint density at radius 1 is 1.64 bits per heavy atom. The molecule has 0 amide bonds. The maximum atomic E-state index is 5.71. The summed E-state index contributed by atoms with van der Waals surface area (Å²) in [5.74, 6) is 1.36. The summed E-state index contributed by atoms with van der Waals surface area (Å²) in [4.78, 5) is 1.39. The van der Waals surface area contributed by atoms with E-state index in [4.69, 9.17) is 11.6 Å². The molecule has 0 aliphatic carbocycles. The Morgan fingerprint density at radius 2 is 2.36 bits per heavy atom. The Bertz CT molecular complexity index is 217. The van der Waals surface area contributed by atoms with Crippen molar-refractivity contribution < 1.29 is 0 Å². The van der Waals surface area contributed by atoms with Crippen LogP contribution in [0.3, 0.4) is 0 Å². The molecular formula is C9H13ClS. The molecule has 1 heterocycles. The molecule has 1 aromatic rings. The Hall–Kier alpha value is -0.0100. The summed E-state index contributed by atoms with van der Waals surface area (Å²) in [6, 6.07) is 2.24. The fourth-order valence-corrected chi connectivity index (χ4v) is 1.89. The highest BCUT2D eigenvalue weighted by Crippen LogP contribution is 2.17. The number of rotatable bonds is 3. The van der Waals surface area contributed by atoms with Gasteiger partial charge < -0.3 is 0 Å². The molecule has 1 atom stereocenters. The molecule has 0 saturated heterocycles. The lowest BCUT2D eigenvalue weighted by atomic mass is 10.1. The molecule has 0 aliphatic heterocycles. The maximum Gasteiger partial charge on any atom is 0.0252 e. The first-order chi connectivity index (χ1) is 5.22. The quantitative estimate of drug-likeness (QED) is 0.638. The second-order valence-corrected chi connectivity index (χ2v) is 4.45. The average molecular weight is 189 g/mol. The zero-order valence-electron chi connectivity index (χ0n) is 6.93. The van der Waals surface area contributed by atoms with Gasteiger partial charge in [-0.2, -0.15) is 0 Å². The maximum absolute atomic E-state index is 5.71.